The molecule has 1 unspecified atom stereocenters. The molecule has 0 aliphatic carbocycles. The minimum Gasteiger partial charge on any atom is -0.478 e. The van der Waals surface area contributed by atoms with E-state index < -0.39 is 6.17 Å². The maximum atomic E-state index is 13.3. The lowest BCUT2D eigenvalue weighted by Gasteiger charge is -2.14. The maximum absolute atomic E-state index is 13.3. The summed E-state index contributed by atoms with van der Waals surface area (Å²) < 4.78 is 22.5. The van der Waals surface area contributed by atoms with Gasteiger partial charge in [0.15, 0.2) is 0 Å². The third-order valence-electron chi connectivity index (χ3n) is 6.59. The van der Waals surface area contributed by atoms with E-state index in [1.54, 1.807) is 24.0 Å². The lowest BCUT2D eigenvalue weighted by molar-refractivity contribution is 0.244. The fourth-order valence-electron chi connectivity index (χ4n) is 4.78. The van der Waals surface area contributed by atoms with Gasteiger partial charge in [-0.15, -0.1) is 0 Å². The summed E-state index contributed by atoms with van der Waals surface area (Å²) in [4.78, 5) is 24.0. The molecule has 0 saturated carbocycles. The van der Waals surface area contributed by atoms with E-state index >= 15 is 0 Å². The number of aromatic nitrogens is 4. The second-order valence-corrected chi connectivity index (χ2v) is 9.30. The van der Waals surface area contributed by atoms with Crippen molar-refractivity contribution in [2.24, 2.45) is 7.05 Å². The SMILES string of the molecule is CC(C)n1c(=O)n(C)c2cnc3ccc(-c4ccc(OCCCN5CCC(F)C5)nc4)cc3c21. The van der Waals surface area contributed by atoms with Crippen molar-refractivity contribution in [2.45, 2.75) is 38.9 Å². The third kappa shape index (κ3) is 4.18. The average Bonchev–Trinajstić information content (AvgIpc) is 3.37. The van der Waals surface area contributed by atoms with E-state index in [0.29, 0.717) is 25.5 Å². The standard InChI is InChI=1S/C26H30FN5O2/c1-17(2)32-25-21-13-18(5-7-22(21)28-15-23(25)30(3)26(32)33)19-6-8-24(29-14-19)34-12-4-10-31-11-9-20(27)16-31/h5-8,13-15,17,20H,4,9-12,16H2,1-3H3. The Morgan fingerprint density at radius 1 is 1.15 bits per heavy atom. The Morgan fingerprint density at radius 2 is 1.97 bits per heavy atom. The van der Waals surface area contributed by atoms with Crippen molar-refractivity contribution in [3.8, 4) is 17.0 Å². The Labute approximate surface area is 197 Å². The van der Waals surface area contributed by atoms with Crippen LogP contribution in [-0.2, 0) is 7.05 Å². The zero-order chi connectivity index (χ0) is 23.8. The van der Waals surface area contributed by atoms with Crippen LogP contribution >= 0.6 is 0 Å². The van der Waals surface area contributed by atoms with Gasteiger partial charge in [-0.25, -0.2) is 14.2 Å². The van der Waals surface area contributed by atoms with E-state index in [4.69, 9.17) is 4.74 Å². The second-order valence-electron chi connectivity index (χ2n) is 9.30. The van der Waals surface area contributed by atoms with E-state index in [2.05, 4.69) is 20.9 Å². The number of rotatable bonds is 7. The van der Waals surface area contributed by atoms with Gasteiger partial charge in [0.05, 0.1) is 29.4 Å². The monoisotopic (exact) mass is 463 g/mol. The number of halogens is 1. The van der Waals surface area contributed by atoms with Crippen molar-refractivity contribution in [3.63, 3.8) is 0 Å². The molecule has 1 atom stereocenters. The largest absolute Gasteiger partial charge is 0.478 e. The van der Waals surface area contributed by atoms with Crippen LogP contribution in [0.3, 0.4) is 0 Å². The molecule has 0 spiro atoms. The highest BCUT2D eigenvalue weighted by molar-refractivity contribution is 6.04. The molecule has 178 valence electrons. The Bertz CT molecular complexity index is 1380. The number of alkyl halides is 1. The van der Waals surface area contributed by atoms with Crippen LogP contribution < -0.4 is 10.4 Å². The van der Waals surface area contributed by atoms with Crippen LogP contribution in [0.1, 0.15) is 32.7 Å². The first kappa shape index (κ1) is 22.5. The van der Waals surface area contributed by atoms with E-state index in [1.165, 1.54) is 0 Å². The van der Waals surface area contributed by atoms with Crippen molar-refractivity contribution in [2.75, 3.05) is 26.2 Å². The van der Waals surface area contributed by atoms with E-state index in [0.717, 1.165) is 52.6 Å². The van der Waals surface area contributed by atoms with Gasteiger partial charge in [-0.2, -0.15) is 0 Å². The van der Waals surface area contributed by atoms with Gasteiger partial charge in [-0.05, 0) is 50.5 Å². The number of hydrogen-bond donors (Lipinski definition) is 0. The van der Waals surface area contributed by atoms with E-state index in [-0.39, 0.29) is 11.7 Å². The van der Waals surface area contributed by atoms with Gasteiger partial charge in [-0.3, -0.25) is 14.1 Å². The van der Waals surface area contributed by atoms with E-state index in [1.807, 2.05) is 42.7 Å². The quantitative estimate of drug-likeness (QED) is 0.382. The lowest BCUT2D eigenvalue weighted by Crippen LogP contribution is -2.23. The molecule has 5 rings (SSSR count). The molecule has 0 bridgehead atoms. The Balaban J connectivity index is 1.36. The van der Waals surface area contributed by atoms with Crippen LogP contribution in [0.25, 0.3) is 33.1 Å². The minimum absolute atomic E-state index is 0.0347. The van der Waals surface area contributed by atoms with Gasteiger partial charge in [0, 0.05) is 55.9 Å². The Hall–Kier alpha value is -3.26. The van der Waals surface area contributed by atoms with Crippen LogP contribution in [0.2, 0.25) is 0 Å². The van der Waals surface area contributed by atoms with Gasteiger partial charge < -0.3 is 9.64 Å². The summed E-state index contributed by atoms with van der Waals surface area (Å²) in [6, 6.07) is 9.98. The van der Waals surface area contributed by atoms with Crippen LogP contribution in [-0.4, -0.2) is 56.4 Å². The molecular weight excluding hydrogens is 433 g/mol. The number of imidazole rings is 1. The summed E-state index contributed by atoms with van der Waals surface area (Å²) in [5.41, 5.74) is 4.50. The second kappa shape index (κ2) is 9.18. The van der Waals surface area contributed by atoms with Crippen molar-refractivity contribution in [3.05, 3.63) is 53.2 Å². The maximum Gasteiger partial charge on any atom is 0.329 e. The minimum atomic E-state index is -0.683. The van der Waals surface area contributed by atoms with Gasteiger partial charge in [-0.1, -0.05) is 6.07 Å². The van der Waals surface area contributed by atoms with Crippen molar-refractivity contribution >= 4 is 21.9 Å². The molecule has 4 aromatic rings. The first-order chi connectivity index (χ1) is 16.4. The van der Waals surface area contributed by atoms with Crippen LogP contribution in [0, 0.1) is 0 Å². The number of likely N-dealkylation sites (tertiary alicyclic amines) is 1. The molecule has 1 aliphatic heterocycles. The molecular formula is C26H30FN5O2. The van der Waals surface area contributed by atoms with Crippen molar-refractivity contribution in [1.82, 2.24) is 24.0 Å². The molecule has 4 heterocycles. The summed E-state index contributed by atoms with van der Waals surface area (Å²) in [6.45, 7) is 6.80. The Morgan fingerprint density at radius 3 is 2.68 bits per heavy atom. The molecule has 0 amide bonds. The molecule has 0 N–H and O–H groups in total. The molecule has 7 nitrogen and oxygen atoms in total. The first-order valence-corrected chi connectivity index (χ1v) is 11.9. The topological polar surface area (TPSA) is 65.2 Å². The highest BCUT2D eigenvalue weighted by Gasteiger charge is 2.21. The summed E-state index contributed by atoms with van der Waals surface area (Å²) in [6.07, 6.45) is 4.37. The zero-order valence-corrected chi connectivity index (χ0v) is 19.9. The van der Waals surface area contributed by atoms with E-state index in [9.17, 15) is 9.18 Å². The molecule has 1 saturated heterocycles. The molecule has 3 aromatic heterocycles. The molecule has 0 radical (unpaired) electrons. The summed E-state index contributed by atoms with van der Waals surface area (Å²) in [5, 5.41) is 0.944. The van der Waals surface area contributed by atoms with Gasteiger partial charge >= 0.3 is 5.69 Å². The predicted molar refractivity (Wildman–Crippen MR) is 132 cm³/mol. The molecule has 34 heavy (non-hydrogen) atoms. The zero-order valence-electron chi connectivity index (χ0n) is 19.9. The first-order valence-electron chi connectivity index (χ1n) is 11.9. The molecule has 1 aromatic carbocycles. The highest BCUT2D eigenvalue weighted by Crippen LogP contribution is 2.30. The molecule has 1 aliphatic rings. The molecule has 8 heteroatoms. The fraction of sp³-hybridized carbons (Fsp3) is 0.423. The van der Waals surface area contributed by atoms with Gasteiger partial charge in [0.1, 0.15) is 6.17 Å². The normalized spacial score (nSPS) is 16.8. The lowest BCUT2D eigenvalue weighted by atomic mass is 10.0. The fourth-order valence-corrected chi connectivity index (χ4v) is 4.78. The Kier molecular flexibility index (Phi) is 6.08. The number of benzene rings is 1. The average molecular weight is 464 g/mol. The van der Waals surface area contributed by atoms with Crippen LogP contribution in [0.15, 0.2) is 47.5 Å². The predicted octanol–water partition coefficient (Wildman–Crippen LogP) is 4.34. The van der Waals surface area contributed by atoms with Crippen molar-refractivity contribution in [1.29, 1.82) is 0 Å². The third-order valence-corrected chi connectivity index (χ3v) is 6.59. The number of pyridine rings is 2. The van der Waals surface area contributed by atoms with Crippen LogP contribution in [0.4, 0.5) is 4.39 Å². The van der Waals surface area contributed by atoms with Crippen LogP contribution in [0.5, 0.6) is 5.88 Å². The van der Waals surface area contributed by atoms with Gasteiger partial charge in [0.2, 0.25) is 5.88 Å². The summed E-state index contributed by atoms with van der Waals surface area (Å²) in [7, 11) is 1.78. The number of aryl methyl sites for hydroxylation is 1. The summed E-state index contributed by atoms with van der Waals surface area (Å²) >= 11 is 0. The highest BCUT2D eigenvalue weighted by atomic mass is 19.1. The molecule has 1 fully saturated rings. The van der Waals surface area contributed by atoms with Crippen molar-refractivity contribution < 1.29 is 9.13 Å². The number of ether oxygens (including phenoxy) is 1. The number of fused-ring (bicyclic) bond motifs is 3. The number of nitrogens with zero attached hydrogens (tertiary/aromatic N) is 5. The number of hydrogen-bond acceptors (Lipinski definition) is 5. The van der Waals surface area contributed by atoms with Gasteiger partial charge in [0.25, 0.3) is 0 Å². The summed E-state index contributed by atoms with van der Waals surface area (Å²) in [5.74, 6) is 0.579. The smallest absolute Gasteiger partial charge is 0.329 e.